The van der Waals surface area contributed by atoms with E-state index in [2.05, 4.69) is 39.9 Å². The third kappa shape index (κ3) is 2.99. The average Bonchev–Trinajstić information content (AvgIpc) is 3.01. The summed E-state index contributed by atoms with van der Waals surface area (Å²) >= 11 is 0. The molecule has 4 atom stereocenters. The number of hydrogen-bond acceptors (Lipinski definition) is 4. The Hall–Kier alpha value is -0.653. The fourth-order valence-electron chi connectivity index (χ4n) is 2.31. The largest absolute Gasteiger partial charge is 0.455 e. The molecule has 0 radical (unpaired) electrons. The van der Waals surface area contributed by atoms with Gasteiger partial charge in [-0.15, -0.1) is 0 Å². The minimum Gasteiger partial charge on any atom is -0.455 e. The van der Waals surface area contributed by atoms with E-state index in [0.29, 0.717) is 0 Å². The molecule has 0 amide bonds. The highest BCUT2D eigenvalue weighted by Crippen LogP contribution is 2.44. The summed E-state index contributed by atoms with van der Waals surface area (Å²) in [5.41, 5.74) is 1.03. The summed E-state index contributed by atoms with van der Waals surface area (Å²) in [5.74, 6) is -0.263. The van der Waals surface area contributed by atoms with Crippen molar-refractivity contribution in [2.45, 2.75) is 77.2 Å². The highest BCUT2D eigenvalue weighted by molar-refractivity contribution is 6.74. The molecule has 0 saturated carbocycles. The Morgan fingerprint density at radius 2 is 1.90 bits per heavy atom. The fourth-order valence-corrected chi connectivity index (χ4v) is 3.54. The van der Waals surface area contributed by atoms with E-state index in [-0.39, 0.29) is 35.4 Å². The SMILES string of the molecule is CC(=O)O[C@@H]1C(C)=C[C@H](O[Si](C)(C)C(C)(C)C)[C@H]2O[C@H]21. The van der Waals surface area contributed by atoms with Crippen LogP contribution in [0, 0.1) is 0 Å². The lowest BCUT2D eigenvalue weighted by atomic mass is 9.96. The summed E-state index contributed by atoms with van der Waals surface area (Å²) in [7, 11) is -1.82. The Labute approximate surface area is 122 Å². The summed E-state index contributed by atoms with van der Waals surface area (Å²) in [6.07, 6.45) is 1.84. The Balaban J connectivity index is 2.10. The van der Waals surface area contributed by atoms with Crippen LogP contribution < -0.4 is 0 Å². The molecule has 0 N–H and O–H groups in total. The van der Waals surface area contributed by atoms with Crippen molar-refractivity contribution in [1.82, 2.24) is 0 Å². The third-order valence-electron chi connectivity index (χ3n) is 4.59. The predicted octanol–water partition coefficient (Wildman–Crippen LogP) is 3.04. The topological polar surface area (TPSA) is 48.1 Å². The van der Waals surface area contributed by atoms with E-state index in [0.717, 1.165) is 5.57 Å². The van der Waals surface area contributed by atoms with Crippen LogP contribution in [0.4, 0.5) is 0 Å². The van der Waals surface area contributed by atoms with Crippen LogP contribution in [0.2, 0.25) is 18.1 Å². The maximum atomic E-state index is 11.1. The lowest BCUT2D eigenvalue weighted by Crippen LogP contribution is -2.46. The van der Waals surface area contributed by atoms with Gasteiger partial charge in [0.2, 0.25) is 0 Å². The maximum absolute atomic E-state index is 11.1. The van der Waals surface area contributed by atoms with Crippen molar-refractivity contribution in [3.63, 3.8) is 0 Å². The van der Waals surface area contributed by atoms with Gasteiger partial charge in [-0.2, -0.15) is 0 Å². The van der Waals surface area contributed by atoms with Crippen molar-refractivity contribution in [2.75, 3.05) is 0 Å². The van der Waals surface area contributed by atoms with Gasteiger partial charge < -0.3 is 13.9 Å². The summed E-state index contributed by atoms with van der Waals surface area (Å²) in [4.78, 5) is 11.1. The molecule has 114 valence electrons. The highest BCUT2D eigenvalue weighted by Gasteiger charge is 2.56. The number of carbonyl (C=O) groups excluding carboxylic acids is 1. The van der Waals surface area contributed by atoms with E-state index >= 15 is 0 Å². The van der Waals surface area contributed by atoms with Gasteiger partial charge in [-0.25, -0.2) is 0 Å². The Morgan fingerprint density at radius 1 is 1.30 bits per heavy atom. The van der Waals surface area contributed by atoms with Gasteiger partial charge in [0.15, 0.2) is 14.4 Å². The van der Waals surface area contributed by atoms with Crippen LogP contribution in [-0.2, 0) is 18.7 Å². The van der Waals surface area contributed by atoms with E-state index in [9.17, 15) is 4.79 Å². The third-order valence-corrected chi connectivity index (χ3v) is 9.06. The fraction of sp³-hybridized carbons (Fsp3) is 0.800. The summed E-state index contributed by atoms with van der Waals surface area (Å²) in [5, 5.41) is 0.172. The first-order valence-corrected chi connectivity index (χ1v) is 10.1. The van der Waals surface area contributed by atoms with Crippen LogP contribution >= 0.6 is 0 Å². The van der Waals surface area contributed by atoms with Crippen LogP contribution in [0.5, 0.6) is 0 Å². The van der Waals surface area contributed by atoms with Crippen molar-refractivity contribution >= 4 is 14.3 Å². The molecule has 2 rings (SSSR count). The van der Waals surface area contributed by atoms with E-state index in [4.69, 9.17) is 13.9 Å². The number of ether oxygens (including phenoxy) is 2. The predicted molar refractivity (Wildman–Crippen MR) is 80.0 cm³/mol. The molecule has 1 fully saturated rings. The Bertz CT molecular complexity index is 436. The van der Waals surface area contributed by atoms with E-state index in [1.807, 2.05) is 6.92 Å². The Morgan fingerprint density at radius 3 is 2.40 bits per heavy atom. The molecule has 1 aliphatic carbocycles. The monoisotopic (exact) mass is 298 g/mol. The molecular weight excluding hydrogens is 272 g/mol. The molecule has 0 aromatic heterocycles. The first kappa shape index (κ1) is 15.7. The van der Waals surface area contributed by atoms with Crippen LogP contribution in [0.15, 0.2) is 11.6 Å². The smallest absolute Gasteiger partial charge is 0.303 e. The zero-order valence-corrected chi connectivity index (χ0v) is 14.5. The van der Waals surface area contributed by atoms with Crippen molar-refractivity contribution in [3.8, 4) is 0 Å². The number of rotatable bonds is 3. The average molecular weight is 298 g/mol. The van der Waals surface area contributed by atoms with Gasteiger partial charge in [0, 0.05) is 6.92 Å². The molecular formula is C15H26O4Si. The van der Waals surface area contributed by atoms with Crippen LogP contribution in [0.3, 0.4) is 0 Å². The molecule has 0 aromatic rings. The second kappa shape index (κ2) is 4.96. The molecule has 1 aliphatic heterocycles. The van der Waals surface area contributed by atoms with Gasteiger partial charge in [0.1, 0.15) is 12.2 Å². The lowest BCUT2D eigenvalue weighted by Gasteiger charge is -2.39. The molecule has 20 heavy (non-hydrogen) atoms. The zero-order valence-electron chi connectivity index (χ0n) is 13.5. The first-order valence-electron chi connectivity index (χ1n) is 7.22. The molecule has 5 heteroatoms. The lowest BCUT2D eigenvalue weighted by molar-refractivity contribution is -0.145. The first-order chi connectivity index (χ1) is 9.03. The van der Waals surface area contributed by atoms with E-state index < -0.39 is 8.32 Å². The summed E-state index contributed by atoms with van der Waals surface area (Å²) < 4.78 is 17.4. The molecule has 1 saturated heterocycles. The second-order valence-corrected chi connectivity index (χ2v) is 12.1. The Kier molecular flexibility index (Phi) is 3.90. The number of hydrogen-bond donors (Lipinski definition) is 0. The van der Waals surface area contributed by atoms with Crippen LogP contribution in [0.25, 0.3) is 0 Å². The van der Waals surface area contributed by atoms with Crippen molar-refractivity contribution in [1.29, 1.82) is 0 Å². The van der Waals surface area contributed by atoms with Gasteiger partial charge in [0.25, 0.3) is 0 Å². The number of epoxide rings is 1. The summed E-state index contributed by atoms with van der Waals surface area (Å²) in [6.45, 7) is 14.6. The van der Waals surface area contributed by atoms with Gasteiger partial charge in [0.05, 0.1) is 6.10 Å². The second-order valence-electron chi connectivity index (χ2n) is 7.35. The highest BCUT2D eigenvalue weighted by atomic mass is 28.4. The van der Waals surface area contributed by atoms with Crippen molar-refractivity contribution in [3.05, 3.63) is 11.6 Å². The summed E-state index contributed by atoms with van der Waals surface area (Å²) in [6, 6.07) is 0. The van der Waals surface area contributed by atoms with Gasteiger partial charge in [-0.1, -0.05) is 26.8 Å². The maximum Gasteiger partial charge on any atom is 0.303 e. The molecule has 1 heterocycles. The van der Waals surface area contributed by atoms with E-state index in [1.165, 1.54) is 6.92 Å². The molecule has 0 unspecified atom stereocenters. The van der Waals surface area contributed by atoms with Crippen LogP contribution in [-0.4, -0.2) is 38.7 Å². The number of esters is 1. The molecule has 0 bridgehead atoms. The van der Waals surface area contributed by atoms with E-state index in [1.54, 1.807) is 0 Å². The number of fused-ring (bicyclic) bond motifs is 1. The molecule has 2 aliphatic rings. The minimum absolute atomic E-state index is 0.00676. The van der Waals surface area contributed by atoms with Crippen LogP contribution in [0.1, 0.15) is 34.6 Å². The zero-order chi connectivity index (χ0) is 15.3. The number of carbonyl (C=O) groups is 1. The molecule has 0 aromatic carbocycles. The molecule has 0 spiro atoms. The minimum atomic E-state index is -1.82. The van der Waals surface area contributed by atoms with Gasteiger partial charge in [-0.05, 0) is 30.6 Å². The normalized spacial score (nSPS) is 33.2. The van der Waals surface area contributed by atoms with Gasteiger partial charge in [-0.3, -0.25) is 4.79 Å². The van der Waals surface area contributed by atoms with Gasteiger partial charge >= 0.3 is 5.97 Å². The molecule has 4 nitrogen and oxygen atoms in total. The quantitative estimate of drug-likeness (QED) is 0.348. The van der Waals surface area contributed by atoms with Crippen molar-refractivity contribution < 1.29 is 18.7 Å². The standard InChI is InChI=1S/C15H26O4Si/c1-9-8-11(19-20(6,7)15(3,4)5)13-14(18-13)12(9)17-10(2)16/h8,11-14H,1-7H3/t11-,12+,13+,14-/m0/s1. The van der Waals surface area contributed by atoms with Crippen molar-refractivity contribution in [2.24, 2.45) is 0 Å².